The molecule has 0 aromatic heterocycles. The van der Waals surface area contributed by atoms with Crippen LogP contribution < -0.4 is 5.32 Å². The molecule has 2 aromatic rings. The molecule has 9 nitrogen and oxygen atoms in total. The van der Waals surface area contributed by atoms with Crippen molar-refractivity contribution in [1.82, 2.24) is 9.62 Å². The highest BCUT2D eigenvalue weighted by atomic mass is 32.2. The molecule has 1 N–H and O–H groups in total. The number of hydrogen-bond acceptors (Lipinski definition) is 6. The molecule has 1 fully saturated rings. The largest absolute Gasteiger partial charge is 0.444 e. The molecule has 1 aliphatic rings. The van der Waals surface area contributed by atoms with Gasteiger partial charge in [0, 0.05) is 18.7 Å². The van der Waals surface area contributed by atoms with E-state index in [1.165, 1.54) is 16.4 Å². The van der Waals surface area contributed by atoms with Gasteiger partial charge >= 0.3 is 6.09 Å². The van der Waals surface area contributed by atoms with E-state index < -0.39 is 38.7 Å². The van der Waals surface area contributed by atoms with Crippen LogP contribution in [0, 0.1) is 10.1 Å². The van der Waals surface area contributed by atoms with Crippen molar-refractivity contribution in [3.63, 3.8) is 0 Å². The SMILES string of the molecule is CC(C)(C)OC(=O)N[C@@H](Cc1ccccc1)[C@@H]1CN1S(=O)(=O)c1ccc([N+](=O)[O-])cc1. The van der Waals surface area contributed by atoms with Crippen molar-refractivity contribution in [2.24, 2.45) is 0 Å². The van der Waals surface area contributed by atoms with Gasteiger partial charge in [0.1, 0.15) is 5.60 Å². The minimum atomic E-state index is -3.85. The fourth-order valence-electron chi connectivity index (χ4n) is 3.23. The second kappa shape index (κ2) is 8.64. The van der Waals surface area contributed by atoms with Gasteiger partial charge in [-0.3, -0.25) is 10.1 Å². The first-order valence-corrected chi connectivity index (χ1v) is 11.2. The normalized spacial score (nSPS) is 19.3. The molecular weight excluding hydrogens is 422 g/mol. The first kappa shape index (κ1) is 22.7. The van der Waals surface area contributed by atoms with Crippen LogP contribution >= 0.6 is 0 Å². The summed E-state index contributed by atoms with van der Waals surface area (Å²) in [6, 6.07) is 13.2. The van der Waals surface area contributed by atoms with Gasteiger partial charge in [-0.05, 0) is 44.9 Å². The number of non-ortho nitro benzene ring substituents is 1. The van der Waals surface area contributed by atoms with E-state index >= 15 is 0 Å². The van der Waals surface area contributed by atoms with Crippen LogP contribution in [0.2, 0.25) is 0 Å². The van der Waals surface area contributed by atoms with Crippen LogP contribution in [0.4, 0.5) is 10.5 Å². The number of benzene rings is 2. The number of amides is 1. The van der Waals surface area contributed by atoms with Crippen molar-refractivity contribution in [3.05, 3.63) is 70.3 Å². The molecule has 10 heteroatoms. The van der Waals surface area contributed by atoms with Gasteiger partial charge in [0.25, 0.3) is 5.69 Å². The predicted octanol–water partition coefficient (Wildman–Crippen LogP) is 3.10. The molecule has 3 atom stereocenters. The number of hydrogen-bond donors (Lipinski definition) is 1. The molecule has 1 amide bonds. The quantitative estimate of drug-likeness (QED) is 0.396. The summed E-state index contributed by atoms with van der Waals surface area (Å²) in [5.74, 6) is 0. The van der Waals surface area contributed by atoms with Crippen LogP contribution in [0.3, 0.4) is 0 Å². The highest BCUT2D eigenvalue weighted by molar-refractivity contribution is 7.89. The number of sulfonamides is 1. The van der Waals surface area contributed by atoms with Crippen molar-refractivity contribution >= 4 is 21.8 Å². The van der Waals surface area contributed by atoms with E-state index in [0.717, 1.165) is 17.7 Å². The molecule has 2 aromatic carbocycles. The van der Waals surface area contributed by atoms with E-state index in [4.69, 9.17) is 4.74 Å². The number of ether oxygens (including phenoxy) is 1. The molecule has 1 saturated heterocycles. The molecule has 0 saturated carbocycles. The smallest absolute Gasteiger partial charge is 0.407 e. The minimum absolute atomic E-state index is 0.0312. The monoisotopic (exact) mass is 447 g/mol. The van der Waals surface area contributed by atoms with Gasteiger partial charge in [-0.15, -0.1) is 0 Å². The van der Waals surface area contributed by atoms with Gasteiger partial charge in [-0.2, -0.15) is 4.31 Å². The van der Waals surface area contributed by atoms with Gasteiger partial charge in [-0.25, -0.2) is 13.2 Å². The molecule has 0 radical (unpaired) electrons. The van der Waals surface area contributed by atoms with Gasteiger partial charge in [0.15, 0.2) is 0 Å². The average Bonchev–Trinajstić information content (AvgIpc) is 3.48. The van der Waals surface area contributed by atoms with Crippen LogP contribution in [0.1, 0.15) is 26.3 Å². The lowest BCUT2D eigenvalue weighted by atomic mass is 10.0. The summed E-state index contributed by atoms with van der Waals surface area (Å²) < 4.78 is 32.6. The number of alkyl carbamates (subject to hydrolysis) is 1. The molecule has 0 aliphatic carbocycles. The van der Waals surface area contributed by atoms with Crippen molar-refractivity contribution < 1.29 is 22.9 Å². The molecule has 3 rings (SSSR count). The Morgan fingerprint density at radius 1 is 1.19 bits per heavy atom. The lowest BCUT2D eigenvalue weighted by Gasteiger charge is -2.24. The van der Waals surface area contributed by atoms with Crippen LogP contribution in [-0.4, -0.2) is 48.0 Å². The van der Waals surface area contributed by atoms with E-state index in [2.05, 4.69) is 5.32 Å². The van der Waals surface area contributed by atoms with Crippen LogP contribution in [0.5, 0.6) is 0 Å². The van der Waals surface area contributed by atoms with Gasteiger partial charge < -0.3 is 10.1 Å². The summed E-state index contributed by atoms with van der Waals surface area (Å²) in [5, 5.41) is 13.6. The summed E-state index contributed by atoms with van der Waals surface area (Å²) in [6.07, 6.45) is -0.190. The predicted molar refractivity (Wildman–Crippen MR) is 114 cm³/mol. The van der Waals surface area contributed by atoms with Crippen molar-refractivity contribution in [1.29, 1.82) is 0 Å². The second-order valence-corrected chi connectivity index (χ2v) is 10.2. The molecule has 0 bridgehead atoms. The molecule has 1 aliphatic heterocycles. The molecule has 1 heterocycles. The summed E-state index contributed by atoms with van der Waals surface area (Å²) in [5.41, 5.74) is 0.0770. The topological polar surface area (TPSA) is 119 Å². The summed E-state index contributed by atoms with van der Waals surface area (Å²) in [7, 11) is -3.85. The minimum Gasteiger partial charge on any atom is -0.444 e. The van der Waals surface area contributed by atoms with Gasteiger partial charge in [-0.1, -0.05) is 30.3 Å². The highest BCUT2D eigenvalue weighted by Crippen LogP contribution is 2.32. The highest BCUT2D eigenvalue weighted by Gasteiger charge is 2.49. The van der Waals surface area contributed by atoms with Crippen molar-refractivity contribution in [3.8, 4) is 0 Å². The first-order valence-electron chi connectivity index (χ1n) is 9.77. The fraction of sp³-hybridized carbons (Fsp3) is 0.381. The maximum absolute atomic E-state index is 13.0. The zero-order valence-corrected chi connectivity index (χ0v) is 18.3. The Kier molecular flexibility index (Phi) is 6.33. The maximum atomic E-state index is 13.0. The Morgan fingerprint density at radius 2 is 1.81 bits per heavy atom. The van der Waals surface area contributed by atoms with Crippen LogP contribution in [-0.2, 0) is 21.2 Å². The number of carbonyl (C=O) groups is 1. The maximum Gasteiger partial charge on any atom is 0.407 e. The summed E-state index contributed by atoms with van der Waals surface area (Å²) in [4.78, 5) is 22.6. The Balaban J connectivity index is 1.78. The molecule has 1 unspecified atom stereocenters. The number of nitro groups is 1. The third-order valence-corrected chi connectivity index (χ3v) is 6.63. The molecule has 166 valence electrons. The number of carbonyl (C=O) groups excluding carboxylic acids is 1. The van der Waals surface area contributed by atoms with E-state index in [1.54, 1.807) is 20.8 Å². The number of nitro benzene ring substituents is 1. The Bertz CT molecular complexity index is 1050. The standard InChI is InChI=1S/C21H25N3O6S/c1-21(2,3)30-20(25)22-18(13-15-7-5-4-6-8-15)19-14-23(19)31(28,29)17-11-9-16(10-12-17)24(26)27/h4-12,18-19H,13-14H2,1-3H3,(H,22,25)/t18-,19-,23?/m0/s1. The molecule has 31 heavy (non-hydrogen) atoms. The second-order valence-electron chi connectivity index (χ2n) is 8.34. The van der Waals surface area contributed by atoms with Crippen LogP contribution in [0.15, 0.2) is 59.5 Å². The lowest BCUT2D eigenvalue weighted by Crippen LogP contribution is -2.44. The third-order valence-electron chi connectivity index (χ3n) is 4.72. The average molecular weight is 448 g/mol. The molecule has 0 spiro atoms. The Labute approximate surface area is 181 Å². The zero-order valence-electron chi connectivity index (χ0n) is 17.5. The summed E-state index contributed by atoms with van der Waals surface area (Å²) in [6.45, 7) is 5.48. The Morgan fingerprint density at radius 3 is 2.35 bits per heavy atom. The van der Waals surface area contributed by atoms with Crippen molar-refractivity contribution in [2.75, 3.05) is 6.54 Å². The molecular formula is C21H25N3O6S. The first-order chi connectivity index (χ1) is 14.5. The van der Waals surface area contributed by atoms with Crippen molar-refractivity contribution in [2.45, 2.75) is 49.8 Å². The van der Waals surface area contributed by atoms with E-state index in [0.29, 0.717) is 6.42 Å². The zero-order chi connectivity index (χ0) is 22.8. The third kappa shape index (κ3) is 5.80. The van der Waals surface area contributed by atoms with Gasteiger partial charge in [0.2, 0.25) is 10.0 Å². The van der Waals surface area contributed by atoms with E-state index in [-0.39, 0.29) is 17.1 Å². The van der Waals surface area contributed by atoms with E-state index in [9.17, 15) is 23.3 Å². The number of nitrogens with one attached hydrogen (secondary N) is 1. The van der Waals surface area contributed by atoms with Crippen LogP contribution in [0.25, 0.3) is 0 Å². The number of nitrogens with zero attached hydrogens (tertiary/aromatic N) is 2. The lowest BCUT2D eigenvalue weighted by molar-refractivity contribution is -0.384. The van der Waals surface area contributed by atoms with E-state index in [1.807, 2.05) is 30.3 Å². The number of rotatable bonds is 7. The fourth-order valence-corrected chi connectivity index (χ4v) is 4.83. The van der Waals surface area contributed by atoms with Gasteiger partial charge in [0.05, 0.1) is 21.9 Å². The summed E-state index contributed by atoms with van der Waals surface area (Å²) >= 11 is 0. The Hall–Kier alpha value is -2.98.